The van der Waals surface area contributed by atoms with Gasteiger partial charge in [-0.3, -0.25) is 0 Å². The Morgan fingerprint density at radius 3 is 1.38 bits per heavy atom. The fraction of sp³-hybridized carbons (Fsp3) is 0.548. The van der Waals surface area contributed by atoms with Crippen molar-refractivity contribution in [3.8, 4) is 23.6 Å². The molecular weight excluding hydrogens is 464 g/mol. The summed E-state index contributed by atoms with van der Waals surface area (Å²) < 4.78 is 0. The number of aliphatic hydroxyl groups is 2. The van der Waals surface area contributed by atoms with Crippen molar-refractivity contribution in [1.29, 1.82) is 10.5 Å². The first-order valence-electron chi connectivity index (χ1n) is 13.2. The molecule has 0 amide bonds. The van der Waals surface area contributed by atoms with Crippen LogP contribution in [0.2, 0.25) is 0 Å². The van der Waals surface area contributed by atoms with E-state index < -0.39 is 10.8 Å². The average molecular weight is 507 g/mol. The zero-order chi connectivity index (χ0) is 27.6. The molecule has 0 atom stereocenters. The first kappa shape index (κ1) is 30.2. The summed E-state index contributed by atoms with van der Waals surface area (Å²) in [4.78, 5) is 0. The lowest BCUT2D eigenvalue weighted by molar-refractivity contribution is 0.288. The molecule has 2 rings (SSSR count). The van der Waals surface area contributed by atoms with Gasteiger partial charge in [-0.2, -0.15) is 10.5 Å². The van der Waals surface area contributed by atoms with E-state index in [4.69, 9.17) is 10.5 Å². The molecule has 0 unspecified atom stereocenters. The predicted octanol–water partition coefficient (Wildman–Crippen LogP) is 5.70. The van der Waals surface area contributed by atoms with Gasteiger partial charge in [0.15, 0.2) is 0 Å². The molecule has 0 aliphatic heterocycles. The molecule has 6 heteroatoms. The number of hydrogen-bond donors (Lipinski definition) is 4. The van der Waals surface area contributed by atoms with Gasteiger partial charge in [0.2, 0.25) is 0 Å². The maximum absolute atomic E-state index is 11.4. The molecule has 4 N–H and O–H groups in total. The lowest BCUT2D eigenvalue weighted by Gasteiger charge is -2.29. The quantitative estimate of drug-likeness (QED) is 0.260. The molecule has 37 heavy (non-hydrogen) atoms. The van der Waals surface area contributed by atoms with Crippen molar-refractivity contribution in [2.45, 2.75) is 96.3 Å². The first-order chi connectivity index (χ1) is 17.5. The van der Waals surface area contributed by atoms with E-state index in [0.29, 0.717) is 68.9 Å². The second-order valence-electron chi connectivity index (χ2n) is 11.2. The number of aliphatic hydroxyl groups excluding tert-OH is 2. The number of nitrogens with zero attached hydrogens (tertiary/aromatic N) is 2. The SMILES string of the molecule is CC(C)(CCC#N)c1cc(CCCO)cc(Cc2cc(CCCO)cc(C(C)(C)CCC#N)c2O)c1O. The number of aromatic hydroxyl groups is 2. The largest absolute Gasteiger partial charge is 0.507 e. The van der Waals surface area contributed by atoms with Crippen LogP contribution in [0.15, 0.2) is 24.3 Å². The molecule has 0 aromatic heterocycles. The summed E-state index contributed by atoms with van der Waals surface area (Å²) in [5.74, 6) is 0.335. The summed E-state index contributed by atoms with van der Waals surface area (Å²) in [6.45, 7) is 8.20. The van der Waals surface area contributed by atoms with Gasteiger partial charge in [-0.25, -0.2) is 0 Å². The number of phenolic OH excluding ortho intramolecular Hbond substituents is 2. The van der Waals surface area contributed by atoms with E-state index >= 15 is 0 Å². The molecular formula is C31H42N2O4. The Balaban J connectivity index is 2.65. The summed E-state index contributed by atoms with van der Waals surface area (Å²) in [5, 5.41) is 59.8. The fourth-order valence-corrected chi connectivity index (χ4v) is 4.89. The molecule has 2 aromatic rings. The van der Waals surface area contributed by atoms with Crippen molar-refractivity contribution in [3.63, 3.8) is 0 Å². The Bertz CT molecular complexity index is 1050. The minimum absolute atomic E-state index is 0.0677. The third kappa shape index (κ3) is 7.96. The van der Waals surface area contributed by atoms with Gasteiger partial charge in [0, 0.05) is 43.6 Å². The second-order valence-corrected chi connectivity index (χ2v) is 11.2. The van der Waals surface area contributed by atoms with Gasteiger partial charge in [0.1, 0.15) is 11.5 Å². The number of phenols is 2. The van der Waals surface area contributed by atoms with Gasteiger partial charge in [-0.15, -0.1) is 0 Å². The molecule has 0 aliphatic rings. The number of nitriles is 2. The smallest absolute Gasteiger partial charge is 0.122 e. The molecule has 0 saturated carbocycles. The molecule has 0 fully saturated rings. The van der Waals surface area contributed by atoms with Gasteiger partial charge in [0.05, 0.1) is 12.1 Å². The summed E-state index contributed by atoms with van der Waals surface area (Å²) in [5.41, 5.74) is 4.02. The lowest BCUT2D eigenvalue weighted by Crippen LogP contribution is -2.19. The molecule has 0 bridgehead atoms. The standard InChI is InChI=1S/C31H42N2O4/c1-30(2,11-7-13-32)26-19-22(9-5-15-34)17-24(28(26)36)21-25-18-23(10-6-16-35)20-27(29(25)37)31(3,4)12-8-14-33/h17-20,34-37H,5-12,15-16,21H2,1-4H3. The lowest BCUT2D eigenvalue weighted by atomic mass is 9.76. The Morgan fingerprint density at radius 1 is 0.676 bits per heavy atom. The Kier molecular flexibility index (Phi) is 11.0. The molecule has 0 aliphatic carbocycles. The highest BCUT2D eigenvalue weighted by molar-refractivity contribution is 5.53. The maximum Gasteiger partial charge on any atom is 0.122 e. The van der Waals surface area contributed by atoms with Crippen molar-refractivity contribution in [1.82, 2.24) is 0 Å². The normalized spacial score (nSPS) is 11.8. The van der Waals surface area contributed by atoms with Crippen LogP contribution in [0, 0.1) is 22.7 Å². The summed E-state index contributed by atoms with van der Waals surface area (Å²) >= 11 is 0. The van der Waals surface area contributed by atoms with E-state index in [1.54, 1.807) is 0 Å². The number of benzene rings is 2. The van der Waals surface area contributed by atoms with E-state index in [1.165, 1.54) is 0 Å². The third-order valence-corrected chi connectivity index (χ3v) is 7.31. The first-order valence-corrected chi connectivity index (χ1v) is 13.2. The molecule has 200 valence electrons. The summed E-state index contributed by atoms with van der Waals surface area (Å²) in [6.07, 6.45) is 4.75. The van der Waals surface area contributed by atoms with Crippen LogP contribution in [0.25, 0.3) is 0 Å². The Labute approximate surface area is 221 Å². The topological polar surface area (TPSA) is 128 Å². The van der Waals surface area contributed by atoms with E-state index in [2.05, 4.69) is 12.1 Å². The summed E-state index contributed by atoms with van der Waals surface area (Å²) in [6, 6.07) is 12.2. The van der Waals surface area contributed by atoms with Crippen LogP contribution in [0.1, 0.15) is 99.6 Å². The van der Waals surface area contributed by atoms with Crippen LogP contribution in [0.4, 0.5) is 0 Å². The van der Waals surface area contributed by atoms with Crippen molar-refractivity contribution in [2.24, 2.45) is 0 Å². The second kappa shape index (κ2) is 13.5. The van der Waals surface area contributed by atoms with Crippen LogP contribution in [0.5, 0.6) is 11.5 Å². The van der Waals surface area contributed by atoms with Crippen molar-refractivity contribution < 1.29 is 20.4 Å². The van der Waals surface area contributed by atoms with E-state index in [-0.39, 0.29) is 24.7 Å². The average Bonchev–Trinajstić information content (AvgIpc) is 2.86. The summed E-state index contributed by atoms with van der Waals surface area (Å²) in [7, 11) is 0. The third-order valence-electron chi connectivity index (χ3n) is 7.31. The molecule has 0 radical (unpaired) electrons. The van der Waals surface area contributed by atoms with Gasteiger partial charge in [-0.05, 0) is 71.6 Å². The fourth-order valence-electron chi connectivity index (χ4n) is 4.89. The molecule has 6 nitrogen and oxygen atoms in total. The maximum atomic E-state index is 11.4. The molecule has 0 heterocycles. The Hall–Kier alpha value is -3.06. The zero-order valence-corrected chi connectivity index (χ0v) is 22.8. The van der Waals surface area contributed by atoms with Crippen molar-refractivity contribution in [2.75, 3.05) is 13.2 Å². The van der Waals surface area contributed by atoms with Gasteiger partial charge in [-0.1, -0.05) is 52.0 Å². The predicted molar refractivity (Wildman–Crippen MR) is 146 cm³/mol. The molecule has 0 spiro atoms. The number of rotatable bonds is 14. The monoisotopic (exact) mass is 506 g/mol. The van der Waals surface area contributed by atoms with Crippen molar-refractivity contribution >= 4 is 0 Å². The minimum Gasteiger partial charge on any atom is -0.507 e. The Morgan fingerprint density at radius 2 is 1.05 bits per heavy atom. The van der Waals surface area contributed by atoms with E-state index in [1.807, 2.05) is 52.0 Å². The van der Waals surface area contributed by atoms with E-state index in [9.17, 15) is 20.4 Å². The van der Waals surface area contributed by atoms with Crippen LogP contribution in [0.3, 0.4) is 0 Å². The highest BCUT2D eigenvalue weighted by Gasteiger charge is 2.28. The highest BCUT2D eigenvalue weighted by Crippen LogP contribution is 2.42. The number of hydrogen-bond acceptors (Lipinski definition) is 6. The van der Waals surface area contributed by atoms with Crippen LogP contribution >= 0.6 is 0 Å². The molecule has 0 saturated heterocycles. The van der Waals surface area contributed by atoms with Crippen LogP contribution in [-0.4, -0.2) is 33.6 Å². The highest BCUT2D eigenvalue weighted by atomic mass is 16.3. The van der Waals surface area contributed by atoms with Crippen LogP contribution in [-0.2, 0) is 30.1 Å². The zero-order valence-electron chi connectivity index (χ0n) is 22.8. The van der Waals surface area contributed by atoms with E-state index in [0.717, 1.165) is 22.3 Å². The van der Waals surface area contributed by atoms with Crippen molar-refractivity contribution in [3.05, 3.63) is 57.6 Å². The van der Waals surface area contributed by atoms with Crippen LogP contribution < -0.4 is 0 Å². The van der Waals surface area contributed by atoms with Gasteiger partial charge < -0.3 is 20.4 Å². The number of aryl methyl sites for hydroxylation is 2. The minimum atomic E-state index is -0.431. The van der Waals surface area contributed by atoms with Gasteiger partial charge in [0.25, 0.3) is 0 Å². The molecule has 2 aromatic carbocycles. The van der Waals surface area contributed by atoms with Gasteiger partial charge >= 0.3 is 0 Å².